The van der Waals surface area contributed by atoms with Gasteiger partial charge in [-0.2, -0.15) is 0 Å². The summed E-state index contributed by atoms with van der Waals surface area (Å²) in [5.74, 6) is -0.550. The molecule has 170 valence electrons. The summed E-state index contributed by atoms with van der Waals surface area (Å²) in [7, 11) is 0. The van der Waals surface area contributed by atoms with Crippen molar-refractivity contribution in [1.82, 2.24) is 5.16 Å². The fourth-order valence-corrected chi connectivity index (χ4v) is 4.26. The first-order chi connectivity index (χ1) is 16.5. The minimum Gasteiger partial charge on any atom is -0.478 e. The summed E-state index contributed by atoms with van der Waals surface area (Å²) >= 11 is 0. The highest BCUT2D eigenvalue weighted by atomic mass is 16.6. The second-order valence-electron chi connectivity index (χ2n) is 8.19. The van der Waals surface area contributed by atoms with Crippen LogP contribution >= 0.6 is 0 Å². The van der Waals surface area contributed by atoms with Crippen LogP contribution in [0.1, 0.15) is 39.7 Å². The number of rotatable bonds is 5. The van der Waals surface area contributed by atoms with E-state index in [2.05, 4.69) is 16.5 Å². The smallest absolute Gasteiger partial charge is 0.412 e. The van der Waals surface area contributed by atoms with Gasteiger partial charge in [0.15, 0.2) is 5.76 Å². The van der Waals surface area contributed by atoms with E-state index < -0.39 is 12.1 Å². The van der Waals surface area contributed by atoms with Gasteiger partial charge in [0.05, 0.1) is 5.56 Å². The van der Waals surface area contributed by atoms with Gasteiger partial charge in [-0.25, -0.2) is 9.59 Å². The number of aromatic nitrogens is 1. The Balaban J connectivity index is 1.34. The number of nitrogens with one attached hydrogen (secondary N) is 1. The van der Waals surface area contributed by atoms with Crippen LogP contribution in [0.2, 0.25) is 0 Å². The molecule has 0 spiro atoms. The normalized spacial score (nSPS) is 14.4. The van der Waals surface area contributed by atoms with Crippen LogP contribution in [0, 0.1) is 6.92 Å². The van der Waals surface area contributed by atoms with Crippen LogP contribution in [0.25, 0.3) is 22.5 Å². The van der Waals surface area contributed by atoms with E-state index in [9.17, 15) is 14.7 Å². The molecule has 0 radical (unpaired) electrons. The van der Waals surface area contributed by atoms with Gasteiger partial charge in [-0.15, -0.1) is 0 Å². The molecule has 1 aromatic heterocycles. The van der Waals surface area contributed by atoms with Crippen LogP contribution in [0.5, 0.6) is 0 Å². The van der Waals surface area contributed by atoms with Crippen LogP contribution < -0.4 is 5.32 Å². The predicted octanol–water partition coefficient (Wildman–Crippen LogP) is 6.25. The van der Waals surface area contributed by atoms with E-state index in [1.165, 1.54) is 5.56 Å². The molecule has 2 N–H and O–H groups in total. The molecule has 1 atom stereocenters. The van der Waals surface area contributed by atoms with Gasteiger partial charge in [-0.3, -0.25) is 5.32 Å². The van der Waals surface area contributed by atoms with Crippen molar-refractivity contribution in [3.05, 3.63) is 95.2 Å². The second-order valence-corrected chi connectivity index (χ2v) is 8.19. The number of hydrogen-bond donors (Lipinski definition) is 2. The van der Waals surface area contributed by atoms with Crippen LogP contribution in [-0.2, 0) is 11.2 Å². The Kier molecular flexibility index (Phi) is 5.59. The lowest BCUT2D eigenvalue weighted by Crippen LogP contribution is -2.17. The molecule has 1 heterocycles. The summed E-state index contributed by atoms with van der Waals surface area (Å²) in [6.07, 6.45) is 0.803. The lowest BCUT2D eigenvalue weighted by atomic mass is 10.0. The van der Waals surface area contributed by atoms with Crippen molar-refractivity contribution in [1.29, 1.82) is 0 Å². The molecule has 7 heteroatoms. The van der Waals surface area contributed by atoms with Crippen molar-refractivity contribution in [3.8, 4) is 22.5 Å². The average Bonchev–Trinajstić information content (AvgIpc) is 3.43. The van der Waals surface area contributed by atoms with Crippen molar-refractivity contribution in [3.63, 3.8) is 0 Å². The standard InChI is InChI=1S/C27H22N2O5/c1-16-24(28-27(32)33-23-14-13-18-5-2-3-8-22(18)23)25(34-29-16)19-11-9-17(10-12-19)20-6-4-7-21(15-20)26(30)31/h2-12,15,23H,13-14H2,1H3,(H,28,32)(H,30,31). The number of hydrogen-bond acceptors (Lipinski definition) is 5. The molecule has 3 aromatic carbocycles. The summed E-state index contributed by atoms with van der Waals surface area (Å²) < 4.78 is 11.2. The maximum atomic E-state index is 12.7. The van der Waals surface area contributed by atoms with Crippen molar-refractivity contribution in [2.45, 2.75) is 25.9 Å². The van der Waals surface area contributed by atoms with E-state index >= 15 is 0 Å². The number of amides is 1. The number of aryl methyl sites for hydroxylation is 2. The van der Waals surface area contributed by atoms with Crippen LogP contribution in [0.15, 0.2) is 77.3 Å². The number of ether oxygens (including phenoxy) is 1. The molecule has 1 aliphatic carbocycles. The van der Waals surface area contributed by atoms with E-state index in [1.807, 2.05) is 48.5 Å². The summed E-state index contributed by atoms with van der Waals surface area (Å²) in [4.78, 5) is 23.9. The van der Waals surface area contributed by atoms with Crippen molar-refractivity contribution < 1.29 is 24.0 Å². The molecule has 7 nitrogen and oxygen atoms in total. The van der Waals surface area contributed by atoms with E-state index in [-0.39, 0.29) is 11.7 Å². The van der Waals surface area contributed by atoms with Crippen molar-refractivity contribution >= 4 is 17.7 Å². The Morgan fingerprint density at radius 2 is 1.76 bits per heavy atom. The fourth-order valence-electron chi connectivity index (χ4n) is 4.26. The number of carbonyl (C=O) groups is 2. The van der Waals surface area contributed by atoms with Gasteiger partial charge in [-0.05, 0) is 54.2 Å². The average molecular weight is 454 g/mol. The van der Waals surface area contributed by atoms with E-state index in [0.717, 1.165) is 35.1 Å². The fraction of sp³-hybridized carbons (Fsp3) is 0.148. The predicted molar refractivity (Wildman–Crippen MR) is 127 cm³/mol. The third-order valence-corrected chi connectivity index (χ3v) is 6.01. The minimum atomic E-state index is -0.973. The van der Waals surface area contributed by atoms with Crippen LogP contribution in [0.4, 0.5) is 10.5 Å². The quantitative estimate of drug-likeness (QED) is 0.369. The number of carbonyl (C=O) groups excluding carboxylic acids is 1. The largest absolute Gasteiger partial charge is 0.478 e. The highest BCUT2D eigenvalue weighted by Gasteiger charge is 2.26. The first-order valence-corrected chi connectivity index (χ1v) is 11.0. The lowest BCUT2D eigenvalue weighted by molar-refractivity contribution is 0.0696. The van der Waals surface area contributed by atoms with Gasteiger partial charge < -0.3 is 14.4 Å². The van der Waals surface area contributed by atoms with Gasteiger partial charge in [0.2, 0.25) is 0 Å². The lowest BCUT2D eigenvalue weighted by Gasteiger charge is -2.14. The highest BCUT2D eigenvalue weighted by Crippen LogP contribution is 2.36. The monoisotopic (exact) mass is 454 g/mol. The van der Waals surface area contributed by atoms with Gasteiger partial charge in [0.25, 0.3) is 0 Å². The molecule has 1 aliphatic rings. The SMILES string of the molecule is Cc1noc(-c2ccc(-c3cccc(C(=O)O)c3)cc2)c1NC(=O)OC1CCc2ccccc21. The molecule has 0 saturated heterocycles. The molecule has 0 saturated carbocycles. The Morgan fingerprint density at radius 3 is 2.56 bits per heavy atom. The van der Waals surface area contributed by atoms with Crippen LogP contribution in [-0.4, -0.2) is 22.3 Å². The van der Waals surface area contributed by atoms with Crippen molar-refractivity contribution in [2.75, 3.05) is 5.32 Å². The topological polar surface area (TPSA) is 102 Å². The minimum absolute atomic E-state index is 0.224. The number of benzene rings is 3. The maximum absolute atomic E-state index is 12.7. The number of nitrogens with zero attached hydrogens (tertiary/aromatic N) is 1. The zero-order valence-corrected chi connectivity index (χ0v) is 18.4. The first-order valence-electron chi connectivity index (χ1n) is 11.0. The molecule has 0 bridgehead atoms. The van der Waals surface area contributed by atoms with Gasteiger partial charge in [-0.1, -0.05) is 65.8 Å². The number of anilines is 1. The Morgan fingerprint density at radius 1 is 1.00 bits per heavy atom. The Labute approximate surface area is 196 Å². The molecule has 1 unspecified atom stereocenters. The van der Waals surface area contributed by atoms with Crippen LogP contribution in [0.3, 0.4) is 0 Å². The highest BCUT2D eigenvalue weighted by molar-refractivity contribution is 5.91. The third kappa shape index (κ3) is 4.15. The van der Waals surface area contributed by atoms with E-state index in [0.29, 0.717) is 17.1 Å². The number of carboxylic acids is 1. The molecule has 34 heavy (non-hydrogen) atoms. The number of aromatic carboxylic acids is 1. The molecule has 0 aliphatic heterocycles. The van der Waals surface area contributed by atoms with Gasteiger partial charge in [0, 0.05) is 5.56 Å². The van der Waals surface area contributed by atoms with E-state index in [4.69, 9.17) is 9.26 Å². The first kappa shape index (κ1) is 21.5. The van der Waals surface area contributed by atoms with Crippen molar-refractivity contribution in [2.24, 2.45) is 0 Å². The summed E-state index contributed by atoms with van der Waals surface area (Å²) in [5.41, 5.74) is 5.84. The Bertz CT molecular complexity index is 1370. The zero-order chi connectivity index (χ0) is 23.7. The van der Waals surface area contributed by atoms with Gasteiger partial charge >= 0.3 is 12.1 Å². The maximum Gasteiger partial charge on any atom is 0.412 e. The summed E-state index contributed by atoms with van der Waals surface area (Å²) in [6, 6.07) is 22.1. The zero-order valence-electron chi connectivity index (χ0n) is 18.4. The molecule has 0 fully saturated rings. The molecular formula is C27H22N2O5. The second kappa shape index (κ2) is 8.86. The summed E-state index contributed by atoms with van der Waals surface area (Å²) in [5, 5.41) is 16.0. The number of carboxylic acid groups (broad SMARTS) is 1. The van der Waals surface area contributed by atoms with E-state index in [1.54, 1.807) is 25.1 Å². The molecular weight excluding hydrogens is 432 g/mol. The number of fused-ring (bicyclic) bond motifs is 1. The molecule has 4 aromatic rings. The summed E-state index contributed by atoms with van der Waals surface area (Å²) in [6.45, 7) is 1.75. The third-order valence-electron chi connectivity index (χ3n) is 6.01. The Hall–Kier alpha value is -4.39. The molecule has 1 amide bonds. The molecule has 5 rings (SSSR count). The van der Waals surface area contributed by atoms with Gasteiger partial charge in [0.1, 0.15) is 17.5 Å².